The third kappa shape index (κ3) is 4.25. The summed E-state index contributed by atoms with van der Waals surface area (Å²) < 4.78 is 0.445. The van der Waals surface area contributed by atoms with E-state index in [2.05, 4.69) is 10.3 Å². The molecule has 0 saturated carbocycles. The second-order valence-electron chi connectivity index (χ2n) is 2.38. The minimum atomic E-state index is 0.301. The predicted octanol–water partition coefficient (Wildman–Crippen LogP) is 1.88. The lowest BCUT2D eigenvalue weighted by Gasteiger charge is -2.03. The normalized spacial score (nSPS) is 9.14. The van der Waals surface area contributed by atoms with Crippen LogP contribution < -0.4 is 5.48 Å². The van der Waals surface area contributed by atoms with Crippen LogP contribution in [-0.2, 0) is 15.4 Å². The summed E-state index contributed by atoms with van der Waals surface area (Å²) in [5, 5.41) is 0. The molecule has 1 rings (SSSR count). The molecule has 1 N–H and O–H groups in total. The Labute approximate surface area is 91.8 Å². The Hall–Kier alpha value is -1.07. The first kappa shape index (κ1) is 11.0. The second-order valence-corrected chi connectivity index (χ2v) is 4.03. The molecule has 0 aromatic heterocycles. The molecule has 14 heavy (non-hydrogen) atoms. The zero-order valence-electron chi connectivity index (χ0n) is 7.30. The van der Waals surface area contributed by atoms with Gasteiger partial charge >= 0.3 is 6.47 Å². The van der Waals surface area contributed by atoms with E-state index in [9.17, 15) is 4.79 Å². The maximum absolute atomic E-state index is 9.83. The van der Waals surface area contributed by atoms with E-state index in [0.29, 0.717) is 10.8 Å². The van der Waals surface area contributed by atoms with Gasteiger partial charge in [0.25, 0.3) is 0 Å². The summed E-state index contributed by atoms with van der Waals surface area (Å²) in [6.45, 7) is 0.301. The van der Waals surface area contributed by atoms with Crippen LogP contribution in [0.4, 0.5) is 0 Å². The van der Waals surface area contributed by atoms with Gasteiger partial charge in [0.15, 0.2) is 4.32 Å². The summed E-state index contributed by atoms with van der Waals surface area (Å²) in [5.74, 6) is 0.759. The van der Waals surface area contributed by atoms with Crippen molar-refractivity contribution >= 4 is 34.8 Å². The molecule has 5 heteroatoms. The highest BCUT2D eigenvalue weighted by atomic mass is 32.2. The Bertz CT molecular complexity index is 303. The van der Waals surface area contributed by atoms with Crippen LogP contribution in [-0.4, -0.2) is 10.8 Å². The molecular formula is C9H9NO2S2. The molecule has 0 heterocycles. The van der Waals surface area contributed by atoms with Gasteiger partial charge < -0.3 is 4.84 Å². The smallest absolute Gasteiger partial charge is 0.320 e. The topological polar surface area (TPSA) is 38.3 Å². The molecule has 0 fully saturated rings. The van der Waals surface area contributed by atoms with Crippen LogP contribution in [0.1, 0.15) is 5.56 Å². The average molecular weight is 227 g/mol. The van der Waals surface area contributed by atoms with Crippen molar-refractivity contribution in [2.75, 3.05) is 0 Å². The quantitative estimate of drug-likeness (QED) is 0.483. The van der Waals surface area contributed by atoms with E-state index in [-0.39, 0.29) is 0 Å². The van der Waals surface area contributed by atoms with E-state index in [1.165, 1.54) is 17.3 Å². The van der Waals surface area contributed by atoms with E-state index in [4.69, 9.17) is 12.2 Å². The van der Waals surface area contributed by atoms with Crippen LogP contribution in [0, 0.1) is 0 Å². The maximum atomic E-state index is 9.83. The highest BCUT2D eigenvalue weighted by Gasteiger charge is 1.97. The van der Waals surface area contributed by atoms with Crippen molar-refractivity contribution in [3.8, 4) is 0 Å². The molecule has 0 unspecified atom stereocenters. The van der Waals surface area contributed by atoms with E-state index in [0.717, 1.165) is 5.75 Å². The zero-order chi connectivity index (χ0) is 10.2. The Balaban J connectivity index is 2.27. The highest BCUT2D eigenvalue weighted by Crippen LogP contribution is 2.12. The van der Waals surface area contributed by atoms with Gasteiger partial charge in [-0.2, -0.15) is 0 Å². The predicted molar refractivity (Wildman–Crippen MR) is 60.6 cm³/mol. The van der Waals surface area contributed by atoms with Crippen molar-refractivity contribution in [3.63, 3.8) is 0 Å². The summed E-state index contributed by atoms with van der Waals surface area (Å²) in [7, 11) is 0. The minimum absolute atomic E-state index is 0.301. The molecule has 0 atom stereocenters. The average Bonchev–Trinajstić information content (AvgIpc) is 2.25. The molecule has 0 radical (unpaired) electrons. The highest BCUT2D eigenvalue weighted by molar-refractivity contribution is 8.22. The first-order valence-electron chi connectivity index (χ1n) is 3.89. The Morgan fingerprint density at radius 3 is 2.86 bits per heavy atom. The van der Waals surface area contributed by atoms with Crippen LogP contribution in [0.3, 0.4) is 0 Å². The van der Waals surface area contributed by atoms with Crippen LogP contribution in [0.15, 0.2) is 30.3 Å². The van der Waals surface area contributed by atoms with Crippen LogP contribution >= 0.6 is 24.0 Å². The Morgan fingerprint density at radius 1 is 1.50 bits per heavy atom. The molecule has 3 nitrogen and oxygen atoms in total. The molecule has 0 aliphatic carbocycles. The van der Waals surface area contributed by atoms with Gasteiger partial charge in [0.1, 0.15) is 0 Å². The van der Waals surface area contributed by atoms with Gasteiger partial charge in [-0.3, -0.25) is 4.79 Å². The molecule has 0 spiro atoms. The van der Waals surface area contributed by atoms with Crippen molar-refractivity contribution in [3.05, 3.63) is 35.9 Å². The SMILES string of the molecule is O=CONC(=S)SCc1ccccc1. The van der Waals surface area contributed by atoms with E-state index in [1.807, 2.05) is 30.3 Å². The van der Waals surface area contributed by atoms with Gasteiger partial charge in [-0.1, -0.05) is 42.1 Å². The second kappa shape index (κ2) is 6.39. The molecule has 74 valence electrons. The molecular weight excluding hydrogens is 218 g/mol. The third-order valence-electron chi connectivity index (χ3n) is 1.40. The molecule has 0 bridgehead atoms. The molecule has 0 amide bonds. The monoisotopic (exact) mass is 227 g/mol. The van der Waals surface area contributed by atoms with Gasteiger partial charge in [-0.05, 0) is 17.8 Å². The first-order valence-corrected chi connectivity index (χ1v) is 5.28. The fraction of sp³-hybridized carbons (Fsp3) is 0.111. The summed E-state index contributed by atoms with van der Waals surface area (Å²) in [6, 6.07) is 9.91. The van der Waals surface area contributed by atoms with E-state index < -0.39 is 0 Å². The molecule has 0 aliphatic rings. The lowest BCUT2D eigenvalue weighted by Crippen LogP contribution is -2.17. The number of benzene rings is 1. The van der Waals surface area contributed by atoms with Crippen molar-refractivity contribution in [2.45, 2.75) is 5.75 Å². The van der Waals surface area contributed by atoms with Gasteiger partial charge in [0.2, 0.25) is 0 Å². The maximum Gasteiger partial charge on any atom is 0.320 e. The number of hydroxylamine groups is 1. The number of hydrogen-bond donors (Lipinski definition) is 1. The zero-order valence-corrected chi connectivity index (χ0v) is 8.94. The Morgan fingerprint density at radius 2 is 2.21 bits per heavy atom. The van der Waals surface area contributed by atoms with Crippen LogP contribution in [0.5, 0.6) is 0 Å². The van der Waals surface area contributed by atoms with Gasteiger partial charge in [-0.15, -0.1) is 0 Å². The van der Waals surface area contributed by atoms with E-state index >= 15 is 0 Å². The number of thiocarbonyl (C=S) groups is 1. The number of nitrogens with one attached hydrogen (secondary N) is 1. The number of carbonyl (C=O) groups excluding carboxylic acids is 1. The van der Waals surface area contributed by atoms with Crippen molar-refractivity contribution < 1.29 is 9.63 Å². The van der Waals surface area contributed by atoms with Crippen LogP contribution in [0.2, 0.25) is 0 Å². The van der Waals surface area contributed by atoms with Crippen LogP contribution in [0.25, 0.3) is 0 Å². The summed E-state index contributed by atoms with van der Waals surface area (Å²) in [5.41, 5.74) is 3.50. The lowest BCUT2D eigenvalue weighted by atomic mass is 10.2. The van der Waals surface area contributed by atoms with Crippen molar-refractivity contribution in [1.29, 1.82) is 0 Å². The molecule has 0 aliphatic heterocycles. The van der Waals surface area contributed by atoms with Gasteiger partial charge in [0, 0.05) is 5.75 Å². The fourth-order valence-electron chi connectivity index (χ4n) is 0.825. The number of thioether (sulfide) groups is 1. The van der Waals surface area contributed by atoms with Gasteiger partial charge in [-0.25, -0.2) is 5.48 Å². The largest absolute Gasteiger partial charge is 0.346 e. The summed E-state index contributed by atoms with van der Waals surface area (Å²) in [4.78, 5) is 14.1. The summed E-state index contributed by atoms with van der Waals surface area (Å²) in [6.07, 6.45) is 0. The van der Waals surface area contributed by atoms with Crippen molar-refractivity contribution in [1.82, 2.24) is 5.48 Å². The lowest BCUT2D eigenvalue weighted by molar-refractivity contribution is -0.132. The van der Waals surface area contributed by atoms with E-state index in [1.54, 1.807) is 0 Å². The first-order chi connectivity index (χ1) is 6.83. The molecule has 0 saturated heterocycles. The number of carbonyl (C=O) groups is 1. The number of hydrogen-bond acceptors (Lipinski definition) is 4. The molecule has 1 aromatic rings. The Kier molecular flexibility index (Phi) is 5.03. The third-order valence-corrected chi connectivity index (χ3v) is 2.66. The number of rotatable bonds is 4. The summed E-state index contributed by atoms with van der Waals surface area (Å²) >= 11 is 6.29. The fourth-order valence-corrected chi connectivity index (χ4v) is 1.65. The standard InChI is InChI=1S/C9H9NO2S2/c11-7-12-10-9(13)14-6-8-4-2-1-3-5-8/h1-5,7H,6H2,(H,10,13). The minimum Gasteiger partial charge on any atom is -0.346 e. The van der Waals surface area contributed by atoms with Gasteiger partial charge in [0.05, 0.1) is 0 Å². The molecule has 1 aromatic carbocycles. The van der Waals surface area contributed by atoms with Crippen molar-refractivity contribution in [2.24, 2.45) is 0 Å².